The van der Waals surface area contributed by atoms with E-state index in [1.807, 2.05) is 20.8 Å². The molecule has 0 bridgehead atoms. The van der Waals surface area contributed by atoms with E-state index >= 15 is 0 Å². The van der Waals surface area contributed by atoms with Crippen LogP contribution >= 0.6 is 0 Å². The van der Waals surface area contributed by atoms with Gasteiger partial charge in [0.1, 0.15) is 0 Å². The molecule has 0 radical (unpaired) electrons. The van der Waals surface area contributed by atoms with Crippen LogP contribution < -0.4 is 10.5 Å². The lowest BCUT2D eigenvalue weighted by molar-refractivity contribution is 0.320. The Morgan fingerprint density at radius 1 is 1.24 bits per heavy atom. The molecule has 5 heteroatoms. The third-order valence-electron chi connectivity index (χ3n) is 2.66. The molecule has 0 fully saturated rings. The number of hydrogen-bond donors (Lipinski definition) is 2. The van der Waals surface area contributed by atoms with Gasteiger partial charge < -0.3 is 5.73 Å². The van der Waals surface area contributed by atoms with E-state index in [4.69, 9.17) is 5.73 Å². The van der Waals surface area contributed by atoms with E-state index in [0.717, 1.165) is 0 Å². The second kappa shape index (κ2) is 5.16. The van der Waals surface area contributed by atoms with Crippen molar-refractivity contribution in [2.24, 2.45) is 11.1 Å². The molecule has 0 amide bonds. The van der Waals surface area contributed by atoms with Crippen LogP contribution in [0.5, 0.6) is 0 Å². The zero-order valence-electron chi connectivity index (χ0n) is 10.5. The maximum atomic E-state index is 11.9. The molecule has 0 heterocycles. The number of benzene rings is 1. The van der Waals surface area contributed by atoms with Gasteiger partial charge in [0, 0.05) is 12.6 Å². The number of nitrogens with two attached hydrogens (primary N) is 1. The standard InChI is InChI=1S/C12H20N2O2S/c1-12(2,3)11(13)9-14-17(15,16)10-7-5-4-6-8-10/h4-8,11,14H,9,13H2,1-3H3/t11-/m1/s1. The molecule has 0 spiro atoms. The van der Waals surface area contributed by atoms with Crippen LogP contribution in [0.2, 0.25) is 0 Å². The summed E-state index contributed by atoms with van der Waals surface area (Å²) in [6.45, 7) is 6.18. The Balaban J connectivity index is 2.70. The Morgan fingerprint density at radius 2 is 1.76 bits per heavy atom. The second-order valence-corrected chi connectivity index (χ2v) is 6.90. The fourth-order valence-corrected chi connectivity index (χ4v) is 2.27. The van der Waals surface area contributed by atoms with Gasteiger partial charge in [0.25, 0.3) is 0 Å². The van der Waals surface area contributed by atoms with Gasteiger partial charge in [-0.25, -0.2) is 13.1 Å². The van der Waals surface area contributed by atoms with Crippen LogP contribution in [0.15, 0.2) is 35.2 Å². The summed E-state index contributed by atoms with van der Waals surface area (Å²) in [4.78, 5) is 0.265. The van der Waals surface area contributed by atoms with Crippen LogP contribution in [0.25, 0.3) is 0 Å². The van der Waals surface area contributed by atoms with Gasteiger partial charge in [-0.2, -0.15) is 0 Å². The Labute approximate surface area is 103 Å². The Kier molecular flexibility index (Phi) is 4.30. The Morgan fingerprint density at radius 3 is 2.24 bits per heavy atom. The first-order valence-corrected chi connectivity index (χ1v) is 7.02. The minimum atomic E-state index is -3.45. The largest absolute Gasteiger partial charge is 0.326 e. The lowest BCUT2D eigenvalue weighted by atomic mass is 9.88. The molecule has 17 heavy (non-hydrogen) atoms. The smallest absolute Gasteiger partial charge is 0.240 e. The first-order valence-electron chi connectivity index (χ1n) is 5.54. The molecule has 96 valence electrons. The maximum Gasteiger partial charge on any atom is 0.240 e. The molecule has 0 aromatic heterocycles. The van der Waals surface area contributed by atoms with Gasteiger partial charge >= 0.3 is 0 Å². The van der Waals surface area contributed by atoms with Crippen LogP contribution in [0.1, 0.15) is 20.8 Å². The molecule has 0 aliphatic heterocycles. The average molecular weight is 256 g/mol. The lowest BCUT2D eigenvalue weighted by Crippen LogP contribution is -2.45. The quantitative estimate of drug-likeness (QED) is 0.854. The summed E-state index contributed by atoms with van der Waals surface area (Å²) in [6, 6.07) is 8.06. The normalized spacial score (nSPS) is 14.6. The highest BCUT2D eigenvalue weighted by atomic mass is 32.2. The first kappa shape index (κ1) is 14.2. The van der Waals surface area contributed by atoms with Gasteiger partial charge in [0.05, 0.1) is 4.90 Å². The molecule has 1 aromatic carbocycles. The van der Waals surface area contributed by atoms with Crippen molar-refractivity contribution in [3.05, 3.63) is 30.3 Å². The number of rotatable bonds is 4. The second-order valence-electron chi connectivity index (χ2n) is 5.14. The molecule has 1 atom stereocenters. The predicted octanol–water partition coefficient (Wildman–Crippen LogP) is 1.34. The van der Waals surface area contributed by atoms with Crippen molar-refractivity contribution in [1.82, 2.24) is 4.72 Å². The zero-order valence-corrected chi connectivity index (χ0v) is 11.3. The number of sulfonamides is 1. The summed E-state index contributed by atoms with van der Waals surface area (Å²) >= 11 is 0. The van der Waals surface area contributed by atoms with Crippen LogP contribution in [-0.2, 0) is 10.0 Å². The SMILES string of the molecule is CC(C)(C)[C@H](N)CNS(=O)(=O)c1ccccc1. The Bertz CT molecular complexity index is 449. The highest BCUT2D eigenvalue weighted by molar-refractivity contribution is 7.89. The summed E-state index contributed by atoms with van der Waals surface area (Å²) in [5.41, 5.74) is 5.78. The van der Waals surface area contributed by atoms with Gasteiger partial charge in [0.15, 0.2) is 0 Å². The summed E-state index contributed by atoms with van der Waals surface area (Å²) in [7, 11) is -3.45. The van der Waals surface area contributed by atoms with Gasteiger partial charge in [-0.1, -0.05) is 39.0 Å². The number of hydrogen-bond acceptors (Lipinski definition) is 3. The molecular weight excluding hydrogens is 236 g/mol. The average Bonchev–Trinajstić information content (AvgIpc) is 2.26. The van der Waals surface area contributed by atoms with Crippen molar-refractivity contribution < 1.29 is 8.42 Å². The van der Waals surface area contributed by atoms with E-state index in [2.05, 4.69) is 4.72 Å². The highest BCUT2D eigenvalue weighted by Gasteiger charge is 2.23. The molecule has 0 aliphatic carbocycles. The summed E-state index contributed by atoms with van der Waals surface area (Å²) in [5, 5.41) is 0. The van der Waals surface area contributed by atoms with E-state index in [0.29, 0.717) is 0 Å². The van der Waals surface area contributed by atoms with Crippen LogP contribution in [-0.4, -0.2) is 21.0 Å². The fourth-order valence-electron chi connectivity index (χ4n) is 1.19. The van der Waals surface area contributed by atoms with Crippen molar-refractivity contribution in [3.63, 3.8) is 0 Å². The molecule has 1 aromatic rings. The van der Waals surface area contributed by atoms with Crippen LogP contribution in [0.4, 0.5) is 0 Å². The molecule has 0 aliphatic rings. The molecular formula is C12H20N2O2S. The maximum absolute atomic E-state index is 11.9. The topological polar surface area (TPSA) is 72.2 Å². The lowest BCUT2D eigenvalue weighted by Gasteiger charge is -2.27. The van der Waals surface area contributed by atoms with E-state index in [1.54, 1.807) is 30.3 Å². The van der Waals surface area contributed by atoms with E-state index in [-0.39, 0.29) is 22.9 Å². The predicted molar refractivity (Wildman–Crippen MR) is 69.1 cm³/mol. The van der Waals surface area contributed by atoms with Gasteiger partial charge in [-0.15, -0.1) is 0 Å². The van der Waals surface area contributed by atoms with Gasteiger partial charge in [-0.05, 0) is 17.5 Å². The monoisotopic (exact) mass is 256 g/mol. The van der Waals surface area contributed by atoms with Crippen LogP contribution in [0.3, 0.4) is 0 Å². The van der Waals surface area contributed by atoms with Gasteiger partial charge in [-0.3, -0.25) is 0 Å². The summed E-state index contributed by atoms with van der Waals surface area (Å²) < 4.78 is 26.3. The van der Waals surface area contributed by atoms with E-state index in [1.165, 1.54) is 0 Å². The van der Waals surface area contributed by atoms with E-state index in [9.17, 15) is 8.42 Å². The fraction of sp³-hybridized carbons (Fsp3) is 0.500. The first-order chi connectivity index (χ1) is 7.73. The minimum Gasteiger partial charge on any atom is -0.326 e. The Hall–Kier alpha value is -0.910. The molecule has 3 N–H and O–H groups in total. The van der Waals surface area contributed by atoms with Crippen molar-refractivity contribution >= 4 is 10.0 Å². The summed E-state index contributed by atoms with van der Waals surface area (Å²) in [6.07, 6.45) is 0. The third kappa shape index (κ3) is 4.11. The highest BCUT2D eigenvalue weighted by Crippen LogP contribution is 2.17. The van der Waals surface area contributed by atoms with E-state index < -0.39 is 10.0 Å². The molecule has 0 unspecified atom stereocenters. The third-order valence-corrected chi connectivity index (χ3v) is 4.10. The summed E-state index contributed by atoms with van der Waals surface area (Å²) in [5.74, 6) is 0. The minimum absolute atomic E-state index is 0.126. The van der Waals surface area contributed by atoms with Crippen LogP contribution in [0, 0.1) is 5.41 Å². The van der Waals surface area contributed by atoms with Gasteiger partial charge in [0.2, 0.25) is 10.0 Å². The van der Waals surface area contributed by atoms with Crippen molar-refractivity contribution in [2.75, 3.05) is 6.54 Å². The van der Waals surface area contributed by atoms with Crippen molar-refractivity contribution in [2.45, 2.75) is 31.7 Å². The molecule has 4 nitrogen and oxygen atoms in total. The molecule has 0 saturated heterocycles. The van der Waals surface area contributed by atoms with Crippen molar-refractivity contribution in [1.29, 1.82) is 0 Å². The van der Waals surface area contributed by atoms with Crippen molar-refractivity contribution in [3.8, 4) is 0 Å². The molecule has 1 rings (SSSR count). The number of nitrogens with one attached hydrogen (secondary N) is 1. The molecule has 0 saturated carbocycles. The zero-order chi connectivity index (χ0) is 13.1.